The third kappa shape index (κ3) is 4.26. The number of nitrogens with one attached hydrogen (secondary N) is 2. The van der Waals surface area contributed by atoms with Gasteiger partial charge in [-0.05, 0) is 42.9 Å². The van der Waals surface area contributed by atoms with Crippen LogP contribution in [0.1, 0.15) is 37.3 Å². The lowest BCUT2D eigenvalue weighted by atomic mass is 9.77. The highest BCUT2D eigenvalue weighted by atomic mass is 79.9. The van der Waals surface area contributed by atoms with Gasteiger partial charge >= 0.3 is 6.03 Å². The average Bonchev–Trinajstić information content (AvgIpc) is 2.76. The Morgan fingerprint density at radius 2 is 1.87 bits per heavy atom. The highest BCUT2D eigenvalue weighted by Crippen LogP contribution is 2.38. The van der Waals surface area contributed by atoms with E-state index in [0.717, 1.165) is 22.9 Å². The summed E-state index contributed by atoms with van der Waals surface area (Å²) < 4.78 is 24.0. The van der Waals surface area contributed by atoms with E-state index in [1.54, 1.807) is 0 Å². The van der Waals surface area contributed by atoms with Crippen molar-refractivity contribution in [3.8, 4) is 0 Å². The second kappa shape index (κ2) is 6.81. The maximum Gasteiger partial charge on any atom is 0.315 e. The molecule has 1 heterocycles. The standard InChI is InChI=1S/C16H21BrN2O3S/c17-13-6-4-12(5-7-13)15(11-2-1-3-11)19-16(20)18-14-8-9-23(21,22)10-14/h4-7,11,14-15H,1-3,8-10H2,(H2,18,19,20). The second-order valence-electron chi connectivity index (χ2n) is 6.44. The molecule has 0 bridgehead atoms. The highest BCUT2D eigenvalue weighted by Gasteiger charge is 2.32. The Morgan fingerprint density at radius 3 is 2.39 bits per heavy atom. The molecule has 1 aliphatic carbocycles. The van der Waals surface area contributed by atoms with E-state index < -0.39 is 9.84 Å². The Bertz CT molecular complexity index is 671. The molecule has 5 nitrogen and oxygen atoms in total. The zero-order chi connectivity index (χ0) is 16.4. The van der Waals surface area contributed by atoms with Crippen LogP contribution in [0.25, 0.3) is 0 Å². The zero-order valence-corrected chi connectivity index (χ0v) is 15.2. The summed E-state index contributed by atoms with van der Waals surface area (Å²) in [5, 5.41) is 5.86. The van der Waals surface area contributed by atoms with E-state index in [9.17, 15) is 13.2 Å². The van der Waals surface area contributed by atoms with Crippen LogP contribution in [0.15, 0.2) is 28.7 Å². The molecule has 1 aromatic carbocycles. The van der Waals surface area contributed by atoms with Gasteiger partial charge in [-0.1, -0.05) is 34.5 Å². The average molecular weight is 401 g/mol. The molecule has 23 heavy (non-hydrogen) atoms. The molecule has 0 spiro atoms. The number of carbonyl (C=O) groups is 1. The molecule has 126 valence electrons. The summed E-state index contributed by atoms with van der Waals surface area (Å²) in [6.07, 6.45) is 3.92. The second-order valence-corrected chi connectivity index (χ2v) is 9.58. The van der Waals surface area contributed by atoms with Gasteiger partial charge < -0.3 is 10.6 Å². The molecule has 1 saturated carbocycles. The molecule has 1 aliphatic heterocycles. The van der Waals surface area contributed by atoms with Gasteiger partial charge in [-0.25, -0.2) is 13.2 Å². The fourth-order valence-electron chi connectivity index (χ4n) is 3.19. The van der Waals surface area contributed by atoms with Crippen LogP contribution < -0.4 is 10.6 Å². The Labute approximate surface area is 145 Å². The predicted octanol–water partition coefficient (Wildman–Crippen LogP) is 2.78. The Morgan fingerprint density at radius 1 is 1.17 bits per heavy atom. The number of urea groups is 1. The summed E-state index contributed by atoms with van der Waals surface area (Å²) in [5.74, 6) is 0.665. The molecular weight excluding hydrogens is 380 g/mol. The smallest absolute Gasteiger partial charge is 0.315 e. The molecule has 2 aliphatic rings. The van der Waals surface area contributed by atoms with Crippen molar-refractivity contribution in [1.82, 2.24) is 10.6 Å². The molecule has 2 atom stereocenters. The van der Waals surface area contributed by atoms with E-state index in [2.05, 4.69) is 26.6 Å². The van der Waals surface area contributed by atoms with Crippen LogP contribution in [0, 0.1) is 5.92 Å². The number of sulfone groups is 1. The van der Waals surface area contributed by atoms with Crippen molar-refractivity contribution in [2.24, 2.45) is 5.92 Å². The van der Waals surface area contributed by atoms with E-state index >= 15 is 0 Å². The van der Waals surface area contributed by atoms with Crippen molar-refractivity contribution in [3.63, 3.8) is 0 Å². The quantitative estimate of drug-likeness (QED) is 0.815. The van der Waals surface area contributed by atoms with Gasteiger partial charge in [0.15, 0.2) is 9.84 Å². The Hall–Kier alpha value is -1.08. The minimum Gasteiger partial charge on any atom is -0.334 e. The first kappa shape index (κ1) is 16.8. The topological polar surface area (TPSA) is 75.3 Å². The third-order valence-electron chi connectivity index (χ3n) is 4.70. The molecular formula is C16H21BrN2O3S. The lowest BCUT2D eigenvalue weighted by Gasteiger charge is -2.35. The van der Waals surface area contributed by atoms with E-state index in [-0.39, 0.29) is 29.6 Å². The summed E-state index contributed by atoms with van der Waals surface area (Å²) >= 11 is 3.43. The minimum atomic E-state index is -2.98. The lowest BCUT2D eigenvalue weighted by molar-refractivity contribution is 0.206. The van der Waals surface area contributed by atoms with Crippen LogP contribution in [-0.4, -0.2) is 32.0 Å². The fraction of sp³-hybridized carbons (Fsp3) is 0.562. The summed E-state index contributed by atoms with van der Waals surface area (Å²) in [6.45, 7) is 0. The lowest BCUT2D eigenvalue weighted by Crippen LogP contribution is -2.46. The molecule has 0 aromatic heterocycles. The molecule has 0 radical (unpaired) electrons. The molecule has 7 heteroatoms. The first-order valence-electron chi connectivity index (χ1n) is 7.96. The number of amides is 2. The van der Waals surface area contributed by atoms with Gasteiger partial charge in [0, 0.05) is 10.5 Å². The monoisotopic (exact) mass is 400 g/mol. The van der Waals surface area contributed by atoms with Gasteiger partial charge in [0.2, 0.25) is 0 Å². The van der Waals surface area contributed by atoms with Gasteiger partial charge in [-0.15, -0.1) is 0 Å². The molecule has 2 amide bonds. The van der Waals surface area contributed by atoms with Crippen LogP contribution in [0.2, 0.25) is 0 Å². The molecule has 2 N–H and O–H groups in total. The summed E-state index contributed by atoms with van der Waals surface area (Å²) in [5.41, 5.74) is 1.09. The van der Waals surface area contributed by atoms with Crippen LogP contribution in [0.4, 0.5) is 4.79 Å². The van der Waals surface area contributed by atoms with Crippen LogP contribution in [0.3, 0.4) is 0 Å². The zero-order valence-electron chi connectivity index (χ0n) is 12.8. The van der Waals surface area contributed by atoms with Crippen LogP contribution >= 0.6 is 15.9 Å². The number of carbonyl (C=O) groups excluding carboxylic acids is 1. The van der Waals surface area contributed by atoms with Crippen molar-refractivity contribution >= 4 is 31.8 Å². The van der Waals surface area contributed by atoms with E-state index in [1.807, 2.05) is 24.3 Å². The van der Waals surface area contributed by atoms with Gasteiger partial charge in [-0.3, -0.25) is 0 Å². The number of benzene rings is 1. The SMILES string of the molecule is O=C(NC1CCS(=O)(=O)C1)NC(c1ccc(Br)cc1)C1CCC1. The summed E-state index contributed by atoms with van der Waals surface area (Å²) in [6, 6.07) is 7.43. The fourth-order valence-corrected chi connectivity index (χ4v) is 5.13. The number of halogens is 1. The number of rotatable bonds is 4. The van der Waals surface area contributed by atoms with Gasteiger partial charge in [0.1, 0.15) is 0 Å². The third-order valence-corrected chi connectivity index (χ3v) is 7.00. The van der Waals surface area contributed by atoms with E-state index in [4.69, 9.17) is 0 Å². The van der Waals surface area contributed by atoms with Crippen molar-refractivity contribution in [3.05, 3.63) is 34.3 Å². The molecule has 1 saturated heterocycles. The van der Waals surface area contributed by atoms with Crippen LogP contribution in [-0.2, 0) is 9.84 Å². The van der Waals surface area contributed by atoms with Crippen LogP contribution in [0.5, 0.6) is 0 Å². The summed E-state index contributed by atoms with van der Waals surface area (Å²) in [4.78, 5) is 12.3. The maximum atomic E-state index is 12.3. The van der Waals surface area contributed by atoms with Crippen molar-refractivity contribution in [2.75, 3.05) is 11.5 Å². The Balaban J connectivity index is 1.64. The largest absolute Gasteiger partial charge is 0.334 e. The summed E-state index contributed by atoms with van der Waals surface area (Å²) in [7, 11) is -2.98. The van der Waals surface area contributed by atoms with Gasteiger partial charge in [0.25, 0.3) is 0 Å². The van der Waals surface area contributed by atoms with Crippen molar-refractivity contribution in [2.45, 2.75) is 37.8 Å². The molecule has 2 fully saturated rings. The number of hydrogen-bond donors (Lipinski definition) is 2. The molecule has 2 unspecified atom stereocenters. The van der Waals surface area contributed by atoms with Crippen molar-refractivity contribution < 1.29 is 13.2 Å². The minimum absolute atomic E-state index is 0.0186. The van der Waals surface area contributed by atoms with E-state index in [1.165, 1.54) is 6.42 Å². The normalized spacial score (nSPS) is 24.7. The number of hydrogen-bond acceptors (Lipinski definition) is 3. The van der Waals surface area contributed by atoms with E-state index in [0.29, 0.717) is 12.3 Å². The van der Waals surface area contributed by atoms with Gasteiger partial charge in [0.05, 0.1) is 17.5 Å². The first-order chi connectivity index (χ1) is 10.9. The highest BCUT2D eigenvalue weighted by molar-refractivity contribution is 9.10. The molecule has 3 rings (SSSR count). The molecule has 1 aromatic rings. The van der Waals surface area contributed by atoms with Gasteiger partial charge in [-0.2, -0.15) is 0 Å². The van der Waals surface area contributed by atoms with Crippen molar-refractivity contribution in [1.29, 1.82) is 0 Å². The predicted molar refractivity (Wildman–Crippen MR) is 93.0 cm³/mol. The maximum absolute atomic E-state index is 12.3. The first-order valence-corrected chi connectivity index (χ1v) is 10.6. The Kier molecular flexibility index (Phi) is 4.96.